The number of likely N-dealkylation sites (N-methyl/N-ethyl adjacent to an activating group) is 1. The van der Waals surface area contributed by atoms with E-state index in [1.165, 1.54) is 18.2 Å². The Bertz CT molecular complexity index is 1220. The van der Waals surface area contributed by atoms with Gasteiger partial charge >= 0.3 is 0 Å². The first-order valence-electron chi connectivity index (χ1n) is 10.2. The first kappa shape index (κ1) is 24.4. The molecule has 2 aromatic rings. The highest BCUT2D eigenvalue weighted by molar-refractivity contribution is 7.94. The summed E-state index contributed by atoms with van der Waals surface area (Å²) in [5.74, 6) is -0.812. The molecule has 1 aliphatic rings. The second-order valence-corrected chi connectivity index (χ2v) is 12.5. The maximum atomic E-state index is 13.0. The van der Waals surface area contributed by atoms with Crippen molar-refractivity contribution in [2.75, 3.05) is 30.7 Å². The van der Waals surface area contributed by atoms with Crippen molar-refractivity contribution in [1.29, 1.82) is 0 Å². The first-order chi connectivity index (χ1) is 14.8. The molecular weight excluding hydrogens is 450 g/mol. The zero-order valence-electron chi connectivity index (χ0n) is 18.9. The van der Waals surface area contributed by atoms with Gasteiger partial charge in [0.2, 0.25) is 26.0 Å². The van der Waals surface area contributed by atoms with Gasteiger partial charge in [0.25, 0.3) is 0 Å². The molecule has 0 aromatic heterocycles. The summed E-state index contributed by atoms with van der Waals surface area (Å²) in [7, 11) is -3.92. The third-order valence-corrected chi connectivity index (χ3v) is 9.15. The Morgan fingerprint density at radius 2 is 1.75 bits per heavy atom. The van der Waals surface area contributed by atoms with E-state index in [1.807, 2.05) is 49.3 Å². The Morgan fingerprint density at radius 3 is 2.25 bits per heavy atom. The van der Waals surface area contributed by atoms with Gasteiger partial charge in [0.1, 0.15) is 0 Å². The Balaban J connectivity index is 1.86. The van der Waals surface area contributed by atoms with Crippen LogP contribution in [-0.4, -0.2) is 54.0 Å². The van der Waals surface area contributed by atoms with Crippen molar-refractivity contribution < 1.29 is 21.6 Å². The van der Waals surface area contributed by atoms with E-state index >= 15 is 0 Å². The van der Waals surface area contributed by atoms with E-state index in [2.05, 4.69) is 4.72 Å². The van der Waals surface area contributed by atoms with Crippen LogP contribution in [0.5, 0.6) is 0 Å². The number of rotatable bonds is 7. The molecule has 8 nitrogen and oxygen atoms in total. The van der Waals surface area contributed by atoms with Crippen molar-refractivity contribution in [2.24, 2.45) is 5.41 Å². The number of nitrogens with one attached hydrogen (secondary N) is 1. The summed E-state index contributed by atoms with van der Waals surface area (Å²) in [6, 6.07) is 13.5. The minimum absolute atomic E-state index is 0.0371. The van der Waals surface area contributed by atoms with Crippen LogP contribution in [0.25, 0.3) is 0 Å². The van der Waals surface area contributed by atoms with E-state index in [0.29, 0.717) is 5.56 Å². The van der Waals surface area contributed by atoms with Gasteiger partial charge in [-0.1, -0.05) is 30.3 Å². The second kappa shape index (κ2) is 8.58. The van der Waals surface area contributed by atoms with Gasteiger partial charge in [-0.05, 0) is 64.2 Å². The molecule has 1 N–H and O–H groups in total. The normalized spacial score (nSPS) is 18.8. The number of aryl methyl sites for hydroxylation is 1. The Hall–Kier alpha value is -2.27. The lowest BCUT2D eigenvalue weighted by Gasteiger charge is -2.25. The van der Waals surface area contributed by atoms with E-state index in [-0.39, 0.29) is 28.9 Å². The van der Waals surface area contributed by atoms with Gasteiger partial charge in [0.15, 0.2) is 0 Å². The molecule has 1 atom stereocenters. The maximum absolute atomic E-state index is 13.0. The summed E-state index contributed by atoms with van der Waals surface area (Å²) in [6.45, 7) is 4.90. The van der Waals surface area contributed by atoms with Crippen LogP contribution in [0.3, 0.4) is 0 Å². The molecule has 1 unspecified atom stereocenters. The molecular formula is C22H29N3O5S2. The number of hydrogen-bond acceptors (Lipinski definition) is 6. The number of hydrogen-bond donors (Lipinski definition) is 1. The zero-order valence-corrected chi connectivity index (χ0v) is 20.5. The maximum Gasteiger partial charge on any atom is 0.247 e. The quantitative estimate of drug-likeness (QED) is 0.653. The van der Waals surface area contributed by atoms with Gasteiger partial charge in [-0.25, -0.2) is 25.9 Å². The number of amides is 1. The predicted octanol–water partition coefficient (Wildman–Crippen LogP) is 2.28. The summed E-state index contributed by atoms with van der Waals surface area (Å²) < 4.78 is 54.5. The molecule has 1 amide bonds. The fourth-order valence-electron chi connectivity index (χ4n) is 3.86. The SMILES string of the molecule is Cc1cc(N2C(=O)C(C)(C)CS2(=O)=O)ccc1S(=O)(=O)NCC(c1ccccc1)N(C)C. The number of benzene rings is 2. The fourth-order valence-corrected chi connectivity index (χ4v) is 7.22. The predicted molar refractivity (Wildman–Crippen MR) is 124 cm³/mol. The van der Waals surface area contributed by atoms with E-state index in [4.69, 9.17) is 0 Å². The summed E-state index contributed by atoms with van der Waals surface area (Å²) in [6.07, 6.45) is 0. The molecule has 3 rings (SSSR count). The van der Waals surface area contributed by atoms with E-state index in [0.717, 1.165) is 9.87 Å². The number of carbonyl (C=O) groups excluding carboxylic acids is 1. The average Bonchev–Trinajstić information content (AvgIpc) is 2.84. The summed E-state index contributed by atoms with van der Waals surface area (Å²) in [5, 5.41) is 0. The third kappa shape index (κ3) is 4.73. The molecule has 2 aromatic carbocycles. The van der Waals surface area contributed by atoms with Crippen LogP contribution in [0.4, 0.5) is 5.69 Å². The molecule has 1 heterocycles. The Labute approximate surface area is 190 Å². The van der Waals surface area contributed by atoms with Crippen LogP contribution in [-0.2, 0) is 24.8 Å². The molecule has 174 valence electrons. The van der Waals surface area contributed by atoms with Gasteiger partial charge in [-0.15, -0.1) is 0 Å². The number of sulfonamides is 2. The minimum atomic E-state index is -3.86. The van der Waals surface area contributed by atoms with Gasteiger partial charge in [0, 0.05) is 12.6 Å². The minimum Gasteiger partial charge on any atom is -0.301 e. The van der Waals surface area contributed by atoms with Crippen LogP contribution >= 0.6 is 0 Å². The van der Waals surface area contributed by atoms with Crippen LogP contribution < -0.4 is 9.03 Å². The second-order valence-electron chi connectivity index (χ2n) is 8.90. The highest BCUT2D eigenvalue weighted by Gasteiger charge is 2.50. The van der Waals surface area contributed by atoms with Crippen molar-refractivity contribution in [2.45, 2.75) is 31.7 Å². The molecule has 0 saturated carbocycles. The number of carbonyl (C=O) groups is 1. The van der Waals surface area contributed by atoms with Crippen molar-refractivity contribution in [1.82, 2.24) is 9.62 Å². The van der Waals surface area contributed by atoms with Gasteiger partial charge in [0.05, 0.1) is 21.8 Å². The van der Waals surface area contributed by atoms with Crippen LogP contribution in [0.15, 0.2) is 53.4 Å². The topological polar surface area (TPSA) is 104 Å². The highest BCUT2D eigenvalue weighted by Crippen LogP contribution is 2.36. The standard InChI is InChI=1S/C22H29N3O5S2/c1-16-13-18(25-21(26)22(2,3)15-31(25,27)28)11-12-20(16)32(29,30)23-14-19(24(4)5)17-9-7-6-8-10-17/h6-13,19,23H,14-15H2,1-5H3. The number of nitrogens with zero attached hydrogens (tertiary/aromatic N) is 2. The summed E-state index contributed by atoms with van der Waals surface area (Å²) in [5.41, 5.74) is 0.446. The van der Waals surface area contributed by atoms with Crippen LogP contribution in [0.1, 0.15) is 31.0 Å². The Kier molecular flexibility index (Phi) is 6.54. The zero-order chi connectivity index (χ0) is 23.9. The summed E-state index contributed by atoms with van der Waals surface area (Å²) in [4.78, 5) is 14.6. The third-order valence-electron chi connectivity index (χ3n) is 5.54. The highest BCUT2D eigenvalue weighted by atomic mass is 32.2. The molecule has 0 aliphatic carbocycles. The molecule has 1 saturated heterocycles. The fraction of sp³-hybridized carbons (Fsp3) is 0.409. The molecule has 10 heteroatoms. The van der Waals surface area contributed by atoms with Gasteiger partial charge in [-0.3, -0.25) is 4.79 Å². The molecule has 0 radical (unpaired) electrons. The van der Waals surface area contributed by atoms with Gasteiger partial charge in [-0.2, -0.15) is 0 Å². The van der Waals surface area contributed by atoms with Crippen molar-refractivity contribution in [3.8, 4) is 0 Å². The molecule has 0 bridgehead atoms. The van der Waals surface area contributed by atoms with E-state index in [9.17, 15) is 21.6 Å². The van der Waals surface area contributed by atoms with E-state index in [1.54, 1.807) is 20.8 Å². The lowest BCUT2D eigenvalue weighted by Crippen LogP contribution is -2.35. The molecule has 1 fully saturated rings. The van der Waals surface area contributed by atoms with Gasteiger partial charge < -0.3 is 4.90 Å². The van der Waals surface area contributed by atoms with Crippen LogP contribution in [0.2, 0.25) is 0 Å². The first-order valence-corrected chi connectivity index (χ1v) is 13.2. The van der Waals surface area contributed by atoms with Crippen molar-refractivity contribution >= 4 is 31.6 Å². The molecule has 1 aliphatic heterocycles. The van der Waals surface area contributed by atoms with E-state index < -0.39 is 31.4 Å². The molecule has 32 heavy (non-hydrogen) atoms. The smallest absolute Gasteiger partial charge is 0.247 e. The molecule has 0 spiro atoms. The number of anilines is 1. The summed E-state index contributed by atoms with van der Waals surface area (Å²) >= 11 is 0. The average molecular weight is 480 g/mol. The lowest BCUT2D eigenvalue weighted by atomic mass is 9.95. The van der Waals surface area contributed by atoms with Crippen LogP contribution in [0, 0.1) is 12.3 Å². The largest absolute Gasteiger partial charge is 0.301 e. The van der Waals surface area contributed by atoms with Crippen molar-refractivity contribution in [3.05, 3.63) is 59.7 Å². The lowest BCUT2D eigenvalue weighted by molar-refractivity contribution is -0.123. The van der Waals surface area contributed by atoms with Crippen molar-refractivity contribution in [3.63, 3.8) is 0 Å². The Morgan fingerprint density at radius 1 is 1.12 bits per heavy atom. The monoisotopic (exact) mass is 479 g/mol.